The molecular formula is C25H22ClFN4O2S. The zero-order valence-electron chi connectivity index (χ0n) is 18.6. The Balaban J connectivity index is 1.59. The zero-order valence-corrected chi connectivity index (χ0v) is 20.2. The normalized spacial score (nSPS) is 10.8. The summed E-state index contributed by atoms with van der Waals surface area (Å²) in [6.07, 6.45) is 0. The molecule has 34 heavy (non-hydrogen) atoms. The number of carbonyl (C=O) groups excluding carboxylic acids is 1. The number of carbonyl (C=O) groups is 1. The van der Waals surface area contributed by atoms with Crippen LogP contribution in [-0.4, -0.2) is 27.8 Å². The van der Waals surface area contributed by atoms with Crippen molar-refractivity contribution in [2.75, 3.05) is 7.11 Å². The van der Waals surface area contributed by atoms with Crippen molar-refractivity contribution in [2.24, 2.45) is 0 Å². The number of halogens is 2. The second-order valence-corrected chi connectivity index (χ2v) is 8.79. The molecule has 1 N–H and O–H groups in total. The van der Waals surface area contributed by atoms with Gasteiger partial charge in [-0.2, -0.15) is 0 Å². The SMILES string of the molecule is COc1ccc(C(=O)NCc2nnc(SCc3ccc(F)cc3)n2-c2cccc(Cl)c2C)cc1. The molecule has 0 saturated heterocycles. The van der Waals surface area contributed by atoms with Gasteiger partial charge in [0.05, 0.1) is 19.3 Å². The Morgan fingerprint density at radius 2 is 1.82 bits per heavy atom. The molecule has 1 aromatic heterocycles. The third kappa shape index (κ3) is 5.40. The summed E-state index contributed by atoms with van der Waals surface area (Å²) in [4.78, 5) is 12.7. The van der Waals surface area contributed by atoms with Gasteiger partial charge in [-0.15, -0.1) is 10.2 Å². The number of methoxy groups -OCH3 is 1. The molecule has 0 unspecified atom stereocenters. The van der Waals surface area contributed by atoms with Gasteiger partial charge in [0.2, 0.25) is 0 Å². The molecule has 0 aliphatic carbocycles. The average molecular weight is 497 g/mol. The number of hydrogen-bond acceptors (Lipinski definition) is 5. The minimum Gasteiger partial charge on any atom is -0.497 e. The molecular weight excluding hydrogens is 475 g/mol. The van der Waals surface area contributed by atoms with Crippen molar-refractivity contribution < 1.29 is 13.9 Å². The Kier molecular flexibility index (Phi) is 7.49. The molecule has 3 aromatic carbocycles. The van der Waals surface area contributed by atoms with Gasteiger partial charge in [-0.1, -0.05) is 41.6 Å². The van der Waals surface area contributed by atoms with E-state index < -0.39 is 0 Å². The summed E-state index contributed by atoms with van der Waals surface area (Å²) in [7, 11) is 1.57. The van der Waals surface area contributed by atoms with Gasteiger partial charge in [0, 0.05) is 16.3 Å². The molecule has 6 nitrogen and oxygen atoms in total. The van der Waals surface area contributed by atoms with Crippen molar-refractivity contribution in [2.45, 2.75) is 24.4 Å². The Morgan fingerprint density at radius 1 is 1.09 bits per heavy atom. The Hall–Kier alpha value is -3.36. The van der Waals surface area contributed by atoms with Crippen LogP contribution in [0.2, 0.25) is 5.02 Å². The minimum atomic E-state index is -0.277. The number of nitrogens with zero attached hydrogens (tertiary/aromatic N) is 3. The van der Waals surface area contributed by atoms with E-state index in [0.717, 1.165) is 16.8 Å². The smallest absolute Gasteiger partial charge is 0.251 e. The molecule has 0 aliphatic heterocycles. The van der Waals surface area contributed by atoms with Crippen LogP contribution in [0.5, 0.6) is 5.75 Å². The summed E-state index contributed by atoms with van der Waals surface area (Å²) in [5.41, 5.74) is 3.16. The van der Waals surface area contributed by atoms with E-state index in [1.54, 1.807) is 43.5 Å². The second-order valence-electron chi connectivity index (χ2n) is 7.44. The molecule has 1 amide bonds. The second kappa shape index (κ2) is 10.7. The fraction of sp³-hybridized carbons (Fsp3) is 0.160. The lowest BCUT2D eigenvalue weighted by Crippen LogP contribution is -2.24. The minimum absolute atomic E-state index is 0.168. The lowest BCUT2D eigenvalue weighted by atomic mass is 10.2. The molecule has 0 aliphatic rings. The van der Waals surface area contributed by atoms with E-state index in [9.17, 15) is 9.18 Å². The van der Waals surface area contributed by atoms with Crippen molar-refractivity contribution in [1.82, 2.24) is 20.1 Å². The summed E-state index contributed by atoms with van der Waals surface area (Å²) in [6, 6.07) is 18.8. The number of nitrogens with one attached hydrogen (secondary N) is 1. The average Bonchev–Trinajstić information content (AvgIpc) is 3.26. The van der Waals surface area contributed by atoms with Gasteiger partial charge in [-0.3, -0.25) is 9.36 Å². The number of amides is 1. The zero-order chi connectivity index (χ0) is 24.1. The number of ether oxygens (including phenoxy) is 1. The third-order valence-corrected chi connectivity index (χ3v) is 6.63. The first kappa shape index (κ1) is 23.8. The largest absolute Gasteiger partial charge is 0.497 e. The van der Waals surface area contributed by atoms with Crippen LogP contribution in [0, 0.1) is 12.7 Å². The van der Waals surface area contributed by atoms with E-state index in [0.29, 0.717) is 33.1 Å². The van der Waals surface area contributed by atoms with E-state index in [-0.39, 0.29) is 18.3 Å². The fourth-order valence-corrected chi connectivity index (χ4v) is 4.41. The Bertz CT molecular complexity index is 1290. The number of aromatic nitrogens is 3. The summed E-state index contributed by atoms with van der Waals surface area (Å²) in [5.74, 6) is 1.31. The number of benzene rings is 3. The first-order valence-electron chi connectivity index (χ1n) is 10.5. The topological polar surface area (TPSA) is 69.0 Å². The molecule has 4 aromatic rings. The molecule has 9 heteroatoms. The van der Waals surface area contributed by atoms with Crippen LogP contribution in [0.4, 0.5) is 4.39 Å². The highest BCUT2D eigenvalue weighted by atomic mass is 35.5. The number of hydrogen-bond donors (Lipinski definition) is 1. The summed E-state index contributed by atoms with van der Waals surface area (Å²) in [6.45, 7) is 2.09. The molecule has 4 rings (SSSR count). The van der Waals surface area contributed by atoms with Gasteiger partial charge >= 0.3 is 0 Å². The van der Waals surface area contributed by atoms with Crippen molar-refractivity contribution in [3.63, 3.8) is 0 Å². The first-order valence-corrected chi connectivity index (χ1v) is 11.8. The van der Waals surface area contributed by atoms with Crippen LogP contribution in [0.15, 0.2) is 71.9 Å². The third-order valence-electron chi connectivity index (χ3n) is 5.22. The number of thioether (sulfide) groups is 1. The van der Waals surface area contributed by atoms with Crippen LogP contribution >= 0.6 is 23.4 Å². The summed E-state index contributed by atoms with van der Waals surface area (Å²) < 4.78 is 20.3. The monoisotopic (exact) mass is 496 g/mol. The van der Waals surface area contributed by atoms with Gasteiger partial charge in [-0.25, -0.2) is 4.39 Å². The Labute approximate surface area is 206 Å². The van der Waals surface area contributed by atoms with E-state index in [2.05, 4.69) is 15.5 Å². The van der Waals surface area contributed by atoms with Gasteiger partial charge in [-0.05, 0) is 66.6 Å². The standard InChI is InChI=1S/C25H22ClFN4O2S/c1-16-21(26)4-3-5-22(16)31-23(14-28-24(32)18-8-12-20(33-2)13-9-18)29-30-25(31)34-15-17-6-10-19(27)11-7-17/h3-13H,14-15H2,1-2H3,(H,28,32). The van der Waals surface area contributed by atoms with Crippen LogP contribution in [-0.2, 0) is 12.3 Å². The molecule has 0 atom stereocenters. The molecule has 0 fully saturated rings. The van der Waals surface area contributed by atoms with E-state index in [1.165, 1.54) is 23.9 Å². The highest BCUT2D eigenvalue weighted by Crippen LogP contribution is 2.29. The van der Waals surface area contributed by atoms with Gasteiger partial charge < -0.3 is 10.1 Å². The number of rotatable bonds is 8. The molecule has 0 bridgehead atoms. The Morgan fingerprint density at radius 3 is 2.53 bits per heavy atom. The van der Waals surface area contributed by atoms with Crippen molar-refractivity contribution in [3.05, 3.63) is 100 Å². The van der Waals surface area contributed by atoms with Crippen LogP contribution < -0.4 is 10.1 Å². The quantitative estimate of drug-likeness (QED) is 0.322. The van der Waals surface area contributed by atoms with Gasteiger partial charge in [0.25, 0.3) is 5.91 Å². The maximum Gasteiger partial charge on any atom is 0.251 e. The highest BCUT2D eigenvalue weighted by Gasteiger charge is 2.18. The lowest BCUT2D eigenvalue weighted by Gasteiger charge is -2.14. The fourth-order valence-electron chi connectivity index (χ4n) is 3.32. The van der Waals surface area contributed by atoms with E-state index in [1.807, 2.05) is 29.7 Å². The molecule has 0 saturated carbocycles. The van der Waals surface area contributed by atoms with Crippen molar-refractivity contribution >= 4 is 29.3 Å². The predicted octanol–water partition coefficient (Wildman–Crippen LogP) is 5.60. The molecule has 1 heterocycles. The van der Waals surface area contributed by atoms with E-state index >= 15 is 0 Å². The van der Waals surface area contributed by atoms with Crippen molar-refractivity contribution in [1.29, 1.82) is 0 Å². The molecule has 174 valence electrons. The van der Waals surface area contributed by atoms with Crippen LogP contribution in [0.3, 0.4) is 0 Å². The van der Waals surface area contributed by atoms with Crippen molar-refractivity contribution in [3.8, 4) is 11.4 Å². The predicted molar refractivity (Wildman–Crippen MR) is 131 cm³/mol. The van der Waals surface area contributed by atoms with Gasteiger partial charge in [0.15, 0.2) is 11.0 Å². The summed E-state index contributed by atoms with van der Waals surface area (Å²) >= 11 is 7.85. The molecule has 0 radical (unpaired) electrons. The lowest BCUT2D eigenvalue weighted by molar-refractivity contribution is 0.0949. The summed E-state index contributed by atoms with van der Waals surface area (Å²) in [5, 5.41) is 12.9. The van der Waals surface area contributed by atoms with Crippen LogP contribution in [0.1, 0.15) is 27.3 Å². The maximum absolute atomic E-state index is 13.2. The maximum atomic E-state index is 13.2. The first-order chi connectivity index (χ1) is 16.5. The van der Waals surface area contributed by atoms with Gasteiger partial charge in [0.1, 0.15) is 11.6 Å². The van der Waals surface area contributed by atoms with E-state index in [4.69, 9.17) is 16.3 Å². The van der Waals surface area contributed by atoms with Crippen LogP contribution in [0.25, 0.3) is 5.69 Å². The molecule has 0 spiro atoms. The highest BCUT2D eigenvalue weighted by molar-refractivity contribution is 7.98.